The molecule has 0 atom stereocenters. The van der Waals surface area contributed by atoms with Crippen molar-refractivity contribution in [2.45, 2.75) is 13.1 Å². The zero-order valence-corrected chi connectivity index (χ0v) is 13.5. The Bertz CT molecular complexity index is 590. The van der Waals surface area contributed by atoms with E-state index in [9.17, 15) is 9.59 Å². The minimum atomic E-state index is -0.573. The van der Waals surface area contributed by atoms with E-state index in [1.165, 1.54) is 0 Å². The van der Waals surface area contributed by atoms with Gasteiger partial charge in [0.2, 0.25) is 11.1 Å². The van der Waals surface area contributed by atoms with Crippen LogP contribution in [0, 0.1) is 0 Å². The van der Waals surface area contributed by atoms with Crippen LogP contribution in [0.2, 0.25) is 0 Å². The summed E-state index contributed by atoms with van der Waals surface area (Å²) in [5.74, 6) is -0.217. The molecule has 120 valence electrons. The van der Waals surface area contributed by atoms with E-state index in [1.54, 1.807) is 0 Å². The number of rotatable bonds is 8. The maximum Gasteiger partial charge on any atom is 0.240 e. The van der Waals surface area contributed by atoms with Crippen molar-refractivity contribution in [3.8, 4) is 0 Å². The Hall–Kier alpha value is -2.17. The Morgan fingerprint density at radius 2 is 1.35 bits per heavy atom. The van der Waals surface area contributed by atoms with Gasteiger partial charge in [-0.15, -0.1) is 0 Å². The number of halogens is 1. The molecule has 1 N–H and O–H groups in total. The van der Waals surface area contributed by atoms with Crippen LogP contribution in [-0.4, -0.2) is 29.1 Å². The van der Waals surface area contributed by atoms with Gasteiger partial charge in [0, 0.05) is 13.1 Å². The van der Waals surface area contributed by atoms with Gasteiger partial charge in [0.25, 0.3) is 0 Å². The molecule has 0 bridgehead atoms. The first-order chi connectivity index (χ1) is 11.1. The van der Waals surface area contributed by atoms with Crippen LogP contribution in [0.3, 0.4) is 0 Å². The lowest BCUT2D eigenvalue weighted by Crippen LogP contribution is -2.38. The summed E-state index contributed by atoms with van der Waals surface area (Å²) in [6.45, 7) is 1.36. The Kier molecular flexibility index (Phi) is 6.78. The van der Waals surface area contributed by atoms with Gasteiger partial charge in [-0.2, -0.15) is 0 Å². The largest absolute Gasteiger partial charge is 0.347 e. The number of carbonyl (C=O) groups excluding carboxylic acids is 2. The lowest BCUT2D eigenvalue weighted by molar-refractivity contribution is -0.124. The number of carbonyl (C=O) groups is 2. The molecular weight excluding hydrogens is 312 g/mol. The van der Waals surface area contributed by atoms with E-state index in [4.69, 9.17) is 11.6 Å². The summed E-state index contributed by atoms with van der Waals surface area (Å²) in [6.07, 6.45) is 0. The molecule has 0 fully saturated rings. The van der Waals surface area contributed by atoms with Crippen molar-refractivity contribution < 1.29 is 9.59 Å². The van der Waals surface area contributed by atoms with Crippen molar-refractivity contribution in [1.82, 2.24) is 10.2 Å². The summed E-state index contributed by atoms with van der Waals surface area (Å²) >= 11 is 5.25. The predicted octanol–water partition coefficient (Wildman–Crippen LogP) is 2.57. The second-order valence-electron chi connectivity index (χ2n) is 5.25. The van der Waals surface area contributed by atoms with Crippen molar-refractivity contribution in [2.24, 2.45) is 0 Å². The number of amides is 1. The first-order valence-electron chi connectivity index (χ1n) is 7.39. The third-order valence-corrected chi connectivity index (χ3v) is 3.42. The lowest BCUT2D eigenvalue weighted by Gasteiger charge is -2.22. The molecule has 2 aromatic rings. The first kappa shape index (κ1) is 17.2. The molecule has 0 saturated carbocycles. The minimum Gasteiger partial charge on any atom is -0.347 e. The number of hydrogen-bond acceptors (Lipinski definition) is 3. The predicted molar refractivity (Wildman–Crippen MR) is 90.9 cm³/mol. The summed E-state index contributed by atoms with van der Waals surface area (Å²) in [7, 11) is 0. The monoisotopic (exact) mass is 330 g/mol. The SMILES string of the molecule is O=C(Cl)CNC(=O)CN(Cc1ccccc1)Cc1ccccc1. The van der Waals surface area contributed by atoms with Gasteiger partial charge in [0.05, 0.1) is 13.1 Å². The van der Waals surface area contributed by atoms with Crippen molar-refractivity contribution >= 4 is 22.8 Å². The number of benzene rings is 2. The maximum atomic E-state index is 12.0. The summed E-state index contributed by atoms with van der Waals surface area (Å²) < 4.78 is 0. The molecule has 2 aromatic carbocycles. The summed E-state index contributed by atoms with van der Waals surface area (Å²) in [5.41, 5.74) is 2.26. The lowest BCUT2D eigenvalue weighted by atomic mass is 10.1. The van der Waals surface area contributed by atoms with Gasteiger partial charge in [0.1, 0.15) is 0 Å². The van der Waals surface area contributed by atoms with Crippen molar-refractivity contribution in [1.29, 1.82) is 0 Å². The van der Waals surface area contributed by atoms with Gasteiger partial charge in [-0.3, -0.25) is 14.5 Å². The van der Waals surface area contributed by atoms with E-state index in [-0.39, 0.29) is 19.0 Å². The topological polar surface area (TPSA) is 49.4 Å². The van der Waals surface area contributed by atoms with Crippen LogP contribution in [0.4, 0.5) is 0 Å². The zero-order chi connectivity index (χ0) is 16.5. The molecule has 0 aromatic heterocycles. The smallest absolute Gasteiger partial charge is 0.240 e. The summed E-state index contributed by atoms with van der Waals surface area (Å²) in [5, 5.41) is 1.95. The van der Waals surface area contributed by atoms with Gasteiger partial charge in [-0.25, -0.2) is 0 Å². The zero-order valence-electron chi connectivity index (χ0n) is 12.7. The molecule has 0 unspecified atom stereocenters. The minimum absolute atomic E-state index is 0.148. The highest BCUT2D eigenvalue weighted by Gasteiger charge is 2.12. The van der Waals surface area contributed by atoms with Crippen LogP contribution in [0.1, 0.15) is 11.1 Å². The highest BCUT2D eigenvalue weighted by molar-refractivity contribution is 6.64. The fourth-order valence-corrected chi connectivity index (χ4v) is 2.34. The van der Waals surface area contributed by atoms with Crippen LogP contribution in [0.5, 0.6) is 0 Å². The molecule has 0 heterocycles. The fourth-order valence-electron chi connectivity index (χ4n) is 2.28. The maximum absolute atomic E-state index is 12.0. The van der Waals surface area contributed by atoms with E-state index in [1.807, 2.05) is 65.6 Å². The molecule has 5 heteroatoms. The molecule has 1 amide bonds. The van der Waals surface area contributed by atoms with Crippen molar-refractivity contribution in [2.75, 3.05) is 13.1 Å². The normalized spacial score (nSPS) is 10.5. The molecule has 0 aliphatic heterocycles. The van der Waals surface area contributed by atoms with Gasteiger partial charge < -0.3 is 5.32 Å². The number of hydrogen-bond donors (Lipinski definition) is 1. The molecule has 0 spiro atoms. The Morgan fingerprint density at radius 1 is 0.870 bits per heavy atom. The molecule has 0 aliphatic rings. The highest BCUT2D eigenvalue weighted by Crippen LogP contribution is 2.09. The second kappa shape index (κ2) is 9.08. The van der Waals surface area contributed by atoms with Crippen molar-refractivity contribution in [3.05, 3.63) is 71.8 Å². The first-order valence-corrected chi connectivity index (χ1v) is 7.76. The quantitative estimate of drug-likeness (QED) is 0.757. The molecule has 2 rings (SSSR count). The average Bonchev–Trinajstić information content (AvgIpc) is 2.55. The molecular formula is C18H19ClN2O2. The second-order valence-corrected chi connectivity index (χ2v) is 5.67. The van der Waals surface area contributed by atoms with Crippen LogP contribution in [-0.2, 0) is 22.7 Å². The van der Waals surface area contributed by atoms with Gasteiger partial charge >= 0.3 is 0 Å². The third-order valence-electron chi connectivity index (χ3n) is 3.29. The van der Waals surface area contributed by atoms with Crippen LogP contribution in [0.25, 0.3) is 0 Å². The third kappa shape index (κ3) is 6.63. The van der Waals surface area contributed by atoms with E-state index in [2.05, 4.69) is 5.32 Å². The number of nitrogens with zero attached hydrogens (tertiary/aromatic N) is 1. The van der Waals surface area contributed by atoms with E-state index in [0.29, 0.717) is 13.1 Å². The van der Waals surface area contributed by atoms with Gasteiger partial charge in [0.15, 0.2) is 0 Å². The molecule has 23 heavy (non-hydrogen) atoms. The summed E-state index contributed by atoms with van der Waals surface area (Å²) in [6, 6.07) is 19.9. The Morgan fingerprint density at radius 3 is 1.78 bits per heavy atom. The van der Waals surface area contributed by atoms with E-state index >= 15 is 0 Å². The van der Waals surface area contributed by atoms with Crippen LogP contribution >= 0.6 is 11.6 Å². The van der Waals surface area contributed by atoms with Crippen molar-refractivity contribution in [3.63, 3.8) is 0 Å². The standard InChI is InChI=1S/C18H19ClN2O2/c19-17(22)11-20-18(23)14-21(12-15-7-3-1-4-8-15)13-16-9-5-2-6-10-16/h1-10H,11-14H2,(H,20,23). The molecule has 0 radical (unpaired) electrons. The van der Waals surface area contributed by atoms with Gasteiger partial charge in [-0.05, 0) is 22.7 Å². The van der Waals surface area contributed by atoms with E-state index in [0.717, 1.165) is 11.1 Å². The fraction of sp³-hybridized carbons (Fsp3) is 0.222. The van der Waals surface area contributed by atoms with Gasteiger partial charge in [-0.1, -0.05) is 60.7 Å². The molecule has 4 nitrogen and oxygen atoms in total. The average molecular weight is 331 g/mol. The molecule has 0 saturated heterocycles. The Balaban J connectivity index is 2.01. The highest BCUT2D eigenvalue weighted by atomic mass is 35.5. The van der Waals surface area contributed by atoms with Crippen LogP contribution in [0.15, 0.2) is 60.7 Å². The number of nitrogens with one attached hydrogen (secondary N) is 1. The van der Waals surface area contributed by atoms with E-state index < -0.39 is 5.24 Å². The molecule has 0 aliphatic carbocycles. The summed E-state index contributed by atoms with van der Waals surface area (Å²) in [4.78, 5) is 24.8. The van der Waals surface area contributed by atoms with Crippen LogP contribution < -0.4 is 5.32 Å². The Labute approximate surface area is 141 Å².